The molecule has 0 radical (unpaired) electrons. The SMILES string of the molecule is Nc1c(OCc2ccc(-n3c4ccccc4c4cc(-c5ccccc5)c5ccccc5c43)cc2)ccc2oc3ccccc3c12. The number of aromatic nitrogens is 1. The van der Waals surface area contributed by atoms with E-state index in [1.165, 1.54) is 43.7 Å². The highest BCUT2D eigenvalue weighted by atomic mass is 16.5. The second-order valence-electron chi connectivity index (χ2n) is 11.5. The summed E-state index contributed by atoms with van der Waals surface area (Å²) in [6.07, 6.45) is 0. The Balaban J connectivity index is 1.12. The molecule has 0 atom stereocenters. The van der Waals surface area contributed by atoms with Crippen LogP contribution >= 0.6 is 0 Å². The predicted octanol–water partition coefficient (Wildman–Crippen LogP) is 10.7. The van der Waals surface area contributed by atoms with Gasteiger partial charge < -0.3 is 19.5 Å². The van der Waals surface area contributed by atoms with Crippen molar-refractivity contribution in [2.75, 3.05) is 5.73 Å². The highest BCUT2D eigenvalue weighted by molar-refractivity contribution is 6.22. The van der Waals surface area contributed by atoms with Crippen LogP contribution in [0.25, 0.3) is 71.3 Å². The van der Waals surface area contributed by atoms with Gasteiger partial charge in [-0.3, -0.25) is 0 Å². The fraction of sp³-hybridized carbons (Fsp3) is 0.0244. The third-order valence-electron chi connectivity index (χ3n) is 8.89. The topological polar surface area (TPSA) is 53.3 Å². The first-order chi connectivity index (χ1) is 22.2. The first-order valence-electron chi connectivity index (χ1n) is 15.2. The first kappa shape index (κ1) is 25.5. The third-order valence-corrected chi connectivity index (χ3v) is 8.89. The van der Waals surface area contributed by atoms with E-state index in [9.17, 15) is 0 Å². The van der Waals surface area contributed by atoms with Gasteiger partial charge in [0.2, 0.25) is 0 Å². The van der Waals surface area contributed by atoms with Crippen molar-refractivity contribution in [1.82, 2.24) is 4.57 Å². The number of furan rings is 1. The maximum Gasteiger partial charge on any atom is 0.143 e. The highest BCUT2D eigenvalue weighted by Gasteiger charge is 2.18. The Bertz CT molecular complexity index is 2540. The molecule has 0 aliphatic rings. The summed E-state index contributed by atoms with van der Waals surface area (Å²) >= 11 is 0. The normalized spacial score (nSPS) is 11.7. The number of nitrogen functional groups attached to an aromatic ring is 1. The molecular weight excluding hydrogens is 552 g/mol. The molecule has 2 aromatic heterocycles. The number of hydrogen-bond acceptors (Lipinski definition) is 3. The second kappa shape index (κ2) is 10.0. The van der Waals surface area contributed by atoms with E-state index in [0.717, 1.165) is 33.2 Å². The highest BCUT2D eigenvalue weighted by Crippen LogP contribution is 2.41. The Labute approximate surface area is 259 Å². The molecule has 9 rings (SSSR count). The summed E-state index contributed by atoms with van der Waals surface area (Å²) in [4.78, 5) is 0. The van der Waals surface area contributed by atoms with Gasteiger partial charge in [0.25, 0.3) is 0 Å². The van der Waals surface area contributed by atoms with Crippen LogP contribution in [0.3, 0.4) is 0 Å². The van der Waals surface area contributed by atoms with E-state index in [0.29, 0.717) is 18.0 Å². The summed E-state index contributed by atoms with van der Waals surface area (Å²) in [5.41, 5.74) is 15.8. The van der Waals surface area contributed by atoms with Crippen molar-refractivity contribution in [2.24, 2.45) is 0 Å². The zero-order valence-corrected chi connectivity index (χ0v) is 24.4. The number of para-hydroxylation sites is 2. The standard InChI is InChI=1S/C41H28N2O2/c42-40-38(23-22-37-39(40)32-15-7-9-17-36(32)45-37)44-25-26-18-20-28(21-19-26)43-35-16-8-6-13-30(35)34-24-33(27-10-2-1-3-11-27)29-12-4-5-14-31(29)41(34)43/h1-24H,25,42H2. The average Bonchev–Trinajstić information content (AvgIpc) is 3.65. The molecular formula is C41H28N2O2. The molecule has 0 bridgehead atoms. The van der Waals surface area contributed by atoms with Crippen LogP contribution in [-0.2, 0) is 6.61 Å². The van der Waals surface area contributed by atoms with E-state index in [1.807, 2.05) is 36.4 Å². The van der Waals surface area contributed by atoms with Crippen LogP contribution in [0.5, 0.6) is 5.75 Å². The number of hydrogen-bond donors (Lipinski definition) is 1. The molecule has 2 N–H and O–H groups in total. The van der Waals surface area contributed by atoms with Gasteiger partial charge in [-0.2, -0.15) is 0 Å². The number of anilines is 1. The lowest BCUT2D eigenvalue weighted by molar-refractivity contribution is 0.308. The summed E-state index contributed by atoms with van der Waals surface area (Å²) in [7, 11) is 0. The van der Waals surface area contributed by atoms with Crippen molar-refractivity contribution in [1.29, 1.82) is 0 Å². The molecule has 0 saturated carbocycles. The van der Waals surface area contributed by atoms with Crippen LogP contribution in [0.4, 0.5) is 5.69 Å². The minimum absolute atomic E-state index is 0.405. The van der Waals surface area contributed by atoms with Crippen molar-refractivity contribution >= 4 is 60.2 Å². The summed E-state index contributed by atoms with van der Waals surface area (Å²) in [5, 5.41) is 6.84. The van der Waals surface area contributed by atoms with Gasteiger partial charge in [0.15, 0.2) is 0 Å². The van der Waals surface area contributed by atoms with E-state index in [-0.39, 0.29) is 0 Å². The molecule has 4 nitrogen and oxygen atoms in total. The van der Waals surface area contributed by atoms with Gasteiger partial charge in [-0.15, -0.1) is 0 Å². The summed E-state index contributed by atoms with van der Waals surface area (Å²) in [6, 6.07) is 50.8. The lowest BCUT2D eigenvalue weighted by Gasteiger charge is -2.14. The predicted molar refractivity (Wildman–Crippen MR) is 186 cm³/mol. The molecule has 0 saturated heterocycles. The van der Waals surface area contributed by atoms with E-state index < -0.39 is 0 Å². The van der Waals surface area contributed by atoms with Crippen molar-refractivity contribution in [3.63, 3.8) is 0 Å². The van der Waals surface area contributed by atoms with Gasteiger partial charge in [-0.25, -0.2) is 0 Å². The minimum Gasteiger partial charge on any atom is -0.487 e. The van der Waals surface area contributed by atoms with Gasteiger partial charge in [0.1, 0.15) is 23.5 Å². The van der Waals surface area contributed by atoms with Crippen molar-refractivity contribution in [2.45, 2.75) is 6.61 Å². The molecule has 0 fully saturated rings. The molecule has 214 valence electrons. The van der Waals surface area contributed by atoms with E-state index in [4.69, 9.17) is 14.9 Å². The third kappa shape index (κ3) is 4.00. The Morgan fingerprint density at radius 2 is 1.27 bits per heavy atom. The molecule has 7 aromatic carbocycles. The summed E-state index contributed by atoms with van der Waals surface area (Å²) in [5.74, 6) is 0.654. The maximum absolute atomic E-state index is 6.59. The molecule has 4 heteroatoms. The number of nitrogens with zero attached hydrogens (tertiary/aromatic N) is 1. The zero-order chi connectivity index (χ0) is 29.9. The van der Waals surface area contributed by atoms with Crippen LogP contribution in [0, 0.1) is 0 Å². The van der Waals surface area contributed by atoms with Gasteiger partial charge in [-0.05, 0) is 64.5 Å². The first-order valence-corrected chi connectivity index (χ1v) is 15.2. The molecule has 9 aromatic rings. The number of benzene rings is 7. The van der Waals surface area contributed by atoms with Crippen LogP contribution in [-0.4, -0.2) is 4.57 Å². The van der Waals surface area contributed by atoms with Gasteiger partial charge in [-0.1, -0.05) is 103 Å². The molecule has 0 amide bonds. The van der Waals surface area contributed by atoms with Crippen LogP contribution in [0.15, 0.2) is 150 Å². The van der Waals surface area contributed by atoms with Crippen molar-refractivity contribution in [3.05, 3.63) is 151 Å². The molecule has 0 aliphatic carbocycles. The lowest BCUT2D eigenvalue weighted by atomic mass is 9.95. The Kier molecular flexibility index (Phi) is 5.69. The monoisotopic (exact) mass is 580 g/mol. The van der Waals surface area contributed by atoms with Crippen molar-refractivity contribution in [3.8, 4) is 22.6 Å². The minimum atomic E-state index is 0.405. The molecule has 0 aliphatic heterocycles. The smallest absolute Gasteiger partial charge is 0.143 e. The van der Waals surface area contributed by atoms with Gasteiger partial charge >= 0.3 is 0 Å². The number of nitrogens with two attached hydrogens (primary N) is 1. The van der Waals surface area contributed by atoms with Crippen molar-refractivity contribution < 1.29 is 9.15 Å². The molecule has 2 heterocycles. The van der Waals surface area contributed by atoms with Crippen LogP contribution < -0.4 is 10.5 Å². The summed E-state index contributed by atoms with van der Waals surface area (Å²) in [6.45, 7) is 0.405. The largest absolute Gasteiger partial charge is 0.487 e. The Hall–Kier alpha value is -6.00. The molecule has 0 spiro atoms. The Morgan fingerprint density at radius 1 is 0.578 bits per heavy atom. The fourth-order valence-electron chi connectivity index (χ4n) is 6.80. The van der Waals surface area contributed by atoms with E-state index >= 15 is 0 Å². The fourth-order valence-corrected chi connectivity index (χ4v) is 6.80. The van der Waals surface area contributed by atoms with Gasteiger partial charge in [0, 0.05) is 27.2 Å². The van der Waals surface area contributed by atoms with Crippen LogP contribution in [0.1, 0.15) is 5.56 Å². The number of ether oxygens (including phenoxy) is 1. The molecule has 0 unspecified atom stereocenters. The van der Waals surface area contributed by atoms with E-state index in [2.05, 4.69) is 114 Å². The van der Waals surface area contributed by atoms with E-state index in [1.54, 1.807) is 0 Å². The summed E-state index contributed by atoms with van der Waals surface area (Å²) < 4.78 is 14.6. The average molecular weight is 581 g/mol. The lowest BCUT2D eigenvalue weighted by Crippen LogP contribution is -2.00. The van der Waals surface area contributed by atoms with Gasteiger partial charge in [0.05, 0.1) is 22.1 Å². The number of rotatable bonds is 5. The zero-order valence-electron chi connectivity index (χ0n) is 24.4. The Morgan fingerprint density at radius 3 is 2.09 bits per heavy atom. The molecule has 45 heavy (non-hydrogen) atoms. The van der Waals surface area contributed by atoms with Crippen LogP contribution in [0.2, 0.25) is 0 Å². The maximum atomic E-state index is 6.59. The quantitative estimate of drug-likeness (QED) is 0.206. The second-order valence-corrected chi connectivity index (χ2v) is 11.5. The number of fused-ring (bicyclic) bond motifs is 8.